The van der Waals surface area contributed by atoms with Crippen molar-refractivity contribution in [3.05, 3.63) is 81.7 Å². The lowest BCUT2D eigenvalue weighted by Gasteiger charge is -2.29. The van der Waals surface area contributed by atoms with Crippen LogP contribution in [-0.2, 0) is 13.0 Å². The molecular weight excluding hydrogens is 398 g/mol. The number of likely N-dealkylation sites (N-methyl/N-ethyl adjacent to an activating group) is 1. The van der Waals surface area contributed by atoms with Gasteiger partial charge in [0.05, 0.1) is 5.52 Å². The fourth-order valence-electron chi connectivity index (χ4n) is 5.03. The molecule has 5 rings (SSSR count). The maximum absolute atomic E-state index is 13.6. The minimum Gasteiger partial charge on any atom is -0.309 e. The van der Waals surface area contributed by atoms with Crippen LogP contribution in [-0.4, -0.2) is 42.1 Å². The van der Waals surface area contributed by atoms with Crippen molar-refractivity contribution in [1.82, 2.24) is 9.47 Å². The maximum Gasteiger partial charge on any atom is 0.258 e. The summed E-state index contributed by atoms with van der Waals surface area (Å²) in [5.74, 6) is 0.0246. The molecule has 0 bridgehead atoms. The maximum atomic E-state index is 13.6. The first-order valence-corrected chi connectivity index (χ1v) is 11.5. The summed E-state index contributed by atoms with van der Waals surface area (Å²) in [4.78, 5) is 30.6. The molecule has 0 fully saturated rings. The van der Waals surface area contributed by atoms with Crippen molar-refractivity contribution in [2.75, 3.05) is 31.6 Å². The number of para-hydroxylation sites is 1. The first-order valence-electron chi connectivity index (χ1n) is 11.5. The van der Waals surface area contributed by atoms with Crippen LogP contribution in [0.5, 0.6) is 0 Å². The molecule has 2 aliphatic rings. The number of fused-ring (bicyclic) bond motifs is 2. The topological polar surface area (TPSA) is 45.6 Å². The Kier molecular flexibility index (Phi) is 5.43. The lowest BCUT2D eigenvalue weighted by atomic mass is 9.94. The van der Waals surface area contributed by atoms with E-state index in [9.17, 15) is 9.59 Å². The highest BCUT2D eigenvalue weighted by Gasteiger charge is 2.24. The number of pyridine rings is 1. The van der Waals surface area contributed by atoms with E-state index in [1.54, 1.807) is 10.6 Å². The third-order valence-electron chi connectivity index (χ3n) is 6.79. The molecule has 1 amide bonds. The Morgan fingerprint density at radius 3 is 2.66 bits per heavy atom. The average Bonchev–Trinajstić information content (AvgIpc) is 2.83. The van der Waals surface area contributed by atoms with Gasteiger partial charge in [0.25, 0.3) is 11.5 Å². The van der Waals surface area contributed by atoms with Gasteiger partial charge in [-0.3, -0.25) is 9.59 Å². The molecule has 0 atom stereocenters. The van der Waals surface area contributed by atoms with Gasteiger partial charge >= 0.3 is 0 Å². The van der Waals surface area contributed by atoms with Crippen LogP contribution in [0.2, 0.25) is 0 Å². The molecule has 5 heteroatoms. The Morgan fingerprint density at radius 2 is 1.88 bits per heavy atom. The minimum atomic E-state index is 0.0128. The number of aromatic nitrogens is 1. The molecule has 0 saturated carbocycles. The van der Waals surface area contributed by atoms with Crippen LogP contribution < -0.4 is 10.5 Å². The molecule has 0 aliphatic carbocycles. The molecule has 0 saturated heterocycles. The third-order valence-corrected chi connectivity index (χ3v) is 6.79. The van der Waals surface area contributed by atoms with Crippen LogP contribution in [0.15, 0.2) is 59.4 Å². The zero-order valence-electron chi connectivity index (χ0n) is 18.8. The molecule has 0 unspecified atom stereocenters. The molecular formula is C27H29N3O2. The van der Waals surface area contributed by atoms with Crippen LogP contribution in [0, 0.1) is 0 Å². The van der Waals surface area contributed by atoms with E-state index in [0.717, 1.165) is 61.1 Å². The number of benzene rings is 2. The second-order valence-corrected chi connectivity index (χ2v) is 8.80. The summed E-state index contributed by atoms with van der Waals surface area (Å²) in [5.41, 5.74) is 5.98. The zero-order chi connectivity index (χ0) is 22.2. The normalized spacial score (nSPS) is 16.7. The van der Waals surface area contributed by atoms with Gasteiger partial charge in [0.2, 0.25) is 0 Å². The highest BCUT2D eigenvalue weighted by molar-refractivity contribution is 6.09. The number of carbonyl (C=O) groups excluding carboxylic acids is 1. The highest BCUT2D eigenvalue weighted by atomic mass is 16.2. The van der Waals surface area contributed by atoms with Gasteiger partial charge in [-0.05, 0) is 74.2 Å². The van der Waals surface area contributed by atoms with E-state index >= 15 is 0 Å². The number of carbonyl (C=O) groups is 1. The largest absolute Gasteiger partial charge is 0.309 e. The van der Waals surface area contributed by atoms with E-state index in [2.05, 4.69) is 24.1 Å². The van der Waals surface area contributed by atoms with Crippen molar-refractivity contribution in [2.24, 2.45) is 0 Å². The number of anilines is 1. The SMILES string of the molecule is CCn1c(=O)cc(C2=CCN(C)CC2)c2cc(C(=O)N3CCCc4ccccc43)ccc21. The number of hydrogen-bond acceptors (Lipinski definition) is 3. The zero-order valence-corrected chi connectivity index (χ0v) is 18.8. The summed E-state index contributed by atoms with van der Waals surface area (Å²) >= 11 is 0. The summed E-state index contributed by atoms with van der Waals surface area (Å²) in [7, 11) is 2.10. The fourth-order valence-corrected chi connectivity index (χ4v) is 5.03. The fraction of sp³-hybridized carbons (Fsp3) is 0.333. The monoisotopic (exact) mass is 427 g/mol. The lowest BCUT2D eigenvalue weighted by molar-refractivity contribution is 0.0985. The van der Waals surface area contributed by atoms with Crippen molar-refractivity contribution in [1.29, 1.82) is 0 Å². The minimum absolute atomic E-state index is 0.0128. The Labute approximate surface area is 188 Å². The molecule has 5 nitrogen and oxygen atoms in total. The summed E-state index contributed by atoms with van der Waals surface area (Å²) in [5, 5.41) is 0.985. The Hall–Kier alpha value is -3.18. The number of aryl methyl sites for hydroxylation is 2. The van der Waals surface area contributed by atoms with Crippen LogP contribution in [0.3, 0.4) is 0 Å². The van der Waals surface area contributed by atoms with Gasteiger partial charge in [0.15, 0.2) is 0 Å². The predicted octanol–water partition coefficient (Wildman–Crippen LogP) is 4.33. The second-order valence-electron chi connectivity index (χ2n) is 8.80. The van der Waals surface area contributed by atoms with Gasteiger partial charge in [0, 0.05) is 48.9 Å². The van der Waals surface area contributed by atoms with Gasteiger partial charge in [-0.1, -0.05) is 24.3 Å². The van der Waals surface area contributed by atoms with Crippen LogP contribution in [0.25, 0.3) is 16.5 Å². The van der Waals surface area contributed by atoms with E-state index in [1.165, 1.54) is 11.1 Å². The van der Waals surface area contributed by atoms with Crippen LogP contribution in [0.4, 0.5) is 5.69 Å². The van der Waals surface area contributed by atoms with Crippen LogP contribution in [0.1, 0.15) is 41.3 Å². The van der Waals surface area contributed by atoms with Crippen molar-refractivity contribution < 1.29 is 4.79 Å². The van der Waals surface area contributed by atoms with Crippen molar-refractivity contribution in [2.45, 2.75) is 32.7 Å². The molecule has 0 radical (unpaired) electrons. The smallest absolute Gasteiger partial charge is 0.258 e. The van der Waals surface area contributed by atoms with Gasteiger partial charge in [-0.15, -0.1) is 0 Å². The molecule has 3 aromatic rings. The van der Waals surface area contributed by atoms with E-state index in [-0.39, 0.29) is 11.5 Å². The van der Waals surface area contributed by atoms with E-state index in [4.69, 9.17) is 0 Å². The number of amides is 1. The summed E-state index contributed by atoms with van der Waals surface area (Å²) in [6.45, 7) is 5.15. The summed E-state index contributed by atoms with van der Waals surface area (Å²) in [6, 6.07) is 15.8. The molecule has 0 spiro atoms. The molecule has 2 aliphatic heterocycles. The number of rotatable bonds is 3. The third kappa shape index (κ3) is 3.56. The molecule has 32 heavy (non-hydrogen) atoms. The molecule has 164 valence electrons. The first-order chi connectivity index (χ1) is 15.6. The predicted molar refractivity (Wildman–Crippen MR) is 130 cm³/mol. The molecule has 3 heterocycles. The lowest BCUT2D eigenvalue weighted by Crippen LogP contribution is -2.35. The van der Waals surface area contributed by atoms with E-state index < -0.39 is 0 Å². The van der Waals surface area contributed by atoms with Gasteiger partial charge < -0.3 is 14.4 Å². The quantitative estimate of drug-likeness (QED) is 0.625. The van der Waals surface area contributed by atoms with Gasteiger partial charge in [-0.2, -0.15) is 0 Å². The van der Waals surface area contributed by atoms with Gasteiger partial charge in [0.1, 0.15) is 0 Å². The molecule has 0 N–H and O–H groups in total. The number of hydrogen-bond donors (Lipinski definition) is 0. The van der Waals surface area contributed by atoms with Crippen molar-refractivity contribution in [3.63, 3.8) is 0 Å². The van der Waals surface area contributed by atoms with Crippen LogP contribution >= 0.6 is 0 Å². The second kappa shape index (κ2) is 8.40. The average molecular weight is 428 g/mol. The summed E-state index contributed by atoms with van der Waals surface area (Å²) in [6.07, 6.45) is 5.09. The standard InChI is InChI=1S/C27H29N3O2/c1-3-29-25-11-10-21(27(32)30-14-6-8-20-7-4-5-9-24(20)30)17-23(25)22(18-26(29)31)19-12-15-28(2)16-13-19/h4-5,7,9-12,17-18H,3,6,8,13-16H2,1-2H3. The Bertz CT molecular complexity index is 1290. The molecule has 1 aromatic heterocycles. The Balaban J connectivity index is 1.63. The van der Waals surface area contributed by atoms with Crippen molar-refractivity contribution >= 4 is 28.1 Å². The van der Waals surface area contributed by atoms with Crippen molar-refractivity contribution in [3.8, 4) is 0 Å². The van der Waals surface area contributed by atoms with E-state index in [0.29, 0.717) is 12.1 Å². The first kappa shape index (κ1) is 20.7. The molecule has 2 aromatic carbocycles. The Morgan fingerprint density at radius 1 is 1.03 bits per heavy atom. The van der Waals surface area contributed by atoms with Gasteiger partial charge in [-0.25, -0.2) is 0 Å². The van der Waals surface area contributed by atoms with E-state index in [1.807, 2.05) is 48.2 Å². The summed E-state index contributed by atoms with van der Waals surface area (Å²) < 4.78 is 1.79. The highest BCUT2D eigenvalue weighted by Crippen LogP contribution is 2.31. The number of nitrogens with zero attached hydrogens (tertiary/aromatic N) is 3.